The van der Waals surface area contributed by atoms with Crippen molar-refractivity contribution in [2.24, 2.45) is 69.0 Å². The second kappa shape index (κ2) is 21.7. The summed E-state index contributed by atoms with van der Waals surface area (Å²) in [6.45, 7) is 9.07. The van der Waals surface area contributed by atoms with Gasteiger partial charge in [0.15, 0.2) is 11.6 Å². The minimum absolute atomic E-state index is 0.357. The van der Waals surface area contributed by atoms with E-state index in [1.54, 1.807) is 0 Å². The summed E-state index contributed by atoms with van der Waals surface area (Å²) in [5.74, 6) is 7.39. The number of carbonyl (C=O) groups excluding carboxylic acids is 2. The lowest BCUT2D eigenvalue weighted by Crippen LogP contribution is -2.69. The van der Waals surface area contributed by atoms with Crippen LogP contribution in [0.1, 0.15) is 265 Å². The Morgan fingerprint density at radius 1 is 0.344 bits per heavy atom. The summed E-state index contributed by atoms with van der Waals surface area (Å²) >= 11 is 0. The van der Waals surface area contributed by atoms with Gasteiger partial charge in [-0.05, 0) is 176 Å². The molecule has 0 unspecified atom stereocenters. The monoisotopic (exact) mass is 851 g/mol. The van der Waals surface area contributed by atoms with Gasteiger partial charge in [-0.25, -0.2) is 8.78 Å². The van der Waals surface area contributed by atoms with Crippen molar-refractivity contribution in [1.82, 2.24) is 0 Å². The van der Waals surface area contributed by atoms with E-state index in [1.165, 1.54) is 135 Å². The Bertz CT molecular complexity index is 1340. The molecule has 0 saturated heterocycles. The van der Waals surface area contributed by atoms with Crippen LogP contribution in [0.2, 0.25) is 0 Å². The van der Waals surface area contributed by atoms with Gasteiger partial charge in [0, 0.05) is 0 Å². The minimum Gasteiger partial charge on any atom is -0.298 e. The maximum absolute atomic E-state index is 15.8. The molecule has 4 heteroatoms. The Morgan fingerprint density at radius 2 is 0.623 bits per heavy atom. The Labute approximate surface area is 375 Å². The van der Waals surface area contributed by atoms with E-state index in [2.05, 4.69) is 27.7 Å². The molecule has 0 amide bonds. The number of rotatable bonds is 15. The van der Waals surface area contributed by atoms with Crippen LogP contribution in [-0.4, -0.2) is 23.9 Å². The molecule has 2 atom stereocenters. The molecule has 8 aliphatic rings. The van der Waals surface area contributed by atoms with Gasteiger partial charge in [-0.15, -0.1) is 0 Å². The van der Waals surface area contributed by atoms with Gasteiger partial charge in [0.2, 0.25) is 0 Å². The number of hydrogen-bond donors (Lipinski definition) is 0. The molecule has 0 aromatic carbocycles. The van der Waals surface area contributed by atoms with Crippen molar-refractivity contribution in [3.8, 4) is 0 Å². The van der Waals surface area contributed by atoms with Crippen LogP contribution in [0.3, 0.4) is 0 Å². The van der Waals surface area contributed by atoms with E-state index in [4.69, 9.17) is 0 Å². The summed E-state index contributed by atoms with van der Waals surface area (Å²) < 4.78 is 31.5. The molecule has 0 aromatic heterocycles. The maximum atomic E-state index is 15.8. The molecule has 8 fully saturated rings. The Hall–Kier alpha value is -0.800. The van der Waals surface area contributed by atoms with Crippen molar-refractivity contribution in [3.05, 3.63) is 0 Å². The van der Waals surface area contributed by atoms with Crippen LogP contribution in [0.5, 0.6) is 0 Å². The van der Waals surface area contributed by atoms with Crippen LogP contribution < -0.4 is 0 Å². The predicted octanol–water partition coefficient (Wildman–Crippen LogP) is 17.3. The molecule has 4 spiro atoms. The molecular weight excluding hydrogens is 755 g/mol. The third-order valence-electron chi connectivity index (χ3n) is 20.8. The van der Waals surface area contributed by atoms with E-state index in [-0.39, 0.29) is 0 Å². The maximum Gasteiger partial charge on any atom is 0.151 e. The molecule has 0 aromatic rings. The SMILES string of the molecule is CCCCCC1CCC(C2CCC3(CC2)C(=O)C2(CCC(CCC)CC2)[C@H]3F)CC1.CCCCCC1CCC(C2CCC3(CC2)C(=O)C2(CCC(CCCC)CC2)[C@H]3F)CC1. The normalized spacial score (nSPS) is 43.8. The summed E-state index contributed by atoms with van der Waals surface area (Å²) in [4.78, 5) is 26.9. The first-order valence-corrected chi connectivity index (χ1v) is 28.0. The molecule has 0 bridgehead atoms. The molecule has 61 heavy (non-hydrogen) atoms. The first-order chi connectivity index (χ1) is 29.6. The highest BCUT2D eigenvalue weighted by Crippen LogP contribution is 2.68. The van der Waals surface area contributed by atoms with Crippen LogP contribution in [-0.2, 0) is 9.59 Å². The number of Topliss-reactive ketones (excluding diaryl/α,β-unsaturated/α-hetero) is 2. The first kappa shape index (κ1) is 48.1. The summed E-state index contributed by atoms with van der Waals surface area (Å²) in [6.07, 6.45) is 42.6. The van der Waals surface area contributed by atoms with Crippen molar-refractivity contribution in [2.45, 2.75) is 278 Å². The summed E-state index contributed by atoms with van der Waals surface area (Å²) in [6, 6.07) is 0. The molecular formula is C57H96F2O2. The van der Waals surface area contributed by atoms with Gasteiger partial charge in [0.1, 0.15) is 12.3 Å². The topological polar surface area (TPSA) is 34.1 Å². The van der Waals surface area contributed by atoms with E-state index < -0.39 is 34.0 Å². The van der Waals surface area contributed by atoms with Crippen molar-refractivity contribution < 1.29 is 18.4 Å². The van der Waals surface area contributed by atoms with Gasteiger partial charge < -0.3 is 0 Å². The van der Waals surface area contributed by atoms with Crippen LogP contribution in [0.25, 0.3) is 0 Å². The Balaban J connectivity index is 0.000000184. The number of unbranched alkanes of at least 4 members (excludes halogenated alkanes) is 5. The largest absolute Gasteiger partial charge is 0.298 e. The van der Waals surface area contributed by atoms with Crippen LogP contribution in [0, 0.1) is 69.0 Å². The second-order valence-electron chi connectivity index (χ2n) is 24.1. The summed E-state index contributed by atoms with van der Waals surface area (Å²) in [7, 11) is 0. The second-order valence-corrected chi connectivity index (χ2v) is 24.1. The number of ketones is 2. The van der Waals surface area contributed by atoms with E-state index in [1.807, 2.05) is 0 Å². The lowest BCUT2D eigenvalue weighted by Gasteiger charge is -2.61. The van der Waals surface area contributed by atoms with E-state index in [0.717, 1.165) is 150 Å². The smallest absolute Gasteiger partial charge is 0.151 e. The van der Waals surface area contributed by atoms with E-state index >= 15 is 8.78 Å². The first-order valence-electron chi connectivity index (χ1n) is 28.0. The Morgan fingerprint density at radius 3 is 0.934 bits per heavy atom. The molecule has 2 nitrogen and oxygen atoms in total. The molecule has 350 valence electrons. The highest BCUT2D eigenvalue weighted by molar-refractivity contribution is 5.99. The zero-order valence-corrected chi connectivity index (χ0v) is 40.5. The average Bonchev–Trinajstić information content (AvgIpc) is 3.31. The quantitative estimate of drug-likeness (QED) is 0.154. The number of carbonyl (C=O) groups is 2. The van der Waals surface area contributed by atoms with Crippen LogP contribution in [0.4, 0.5) is 8.78 Å². The highest BCUT2D eigenvalue weighted by Gasteiger charge is 2.73. The molecule has 0 N–H and O–H groups in total. The van der Waals surface area contributed by atoms with Crippen molar-refractivity contribution in [1.29, 1.82) is 0 Å². The highest BCUT2D eigenvalue weighted by atomic mass is 19.1. The molecule has 8 rings (SSSR count). The fourth-order valence-corrected chi connectivity index (χ4v) is 16.7. The molecule has 8 saturated carbocycles. The van der Waals surface area contributed by atoms with Gasteiger partial charge in [0.25, 0.3) is 0 Å². The fourth-order valence-electron chi connectivity index (χ4n) is 16.7. The van der Waals surface area contributed by atoms with Gasteiger partial charge in [-0.3, -0.25) is 9.59 Å². The molecule has 0 heterocycles. The lowest BCUT2D eigenvalue weighted by molar-refractivity contribution is -0.194. The third-order valence-corrected chi connectivity index (χ3v) is 20.8. The van der Waals surface area contributed by atoms with E-state index in [0.29, 0.717) is 11.6 Å². The molecule has 0 radical (unpaired) electrons. The average molecular weight is 851 g/mol. The number of hydrogen-bond acceptors (Lipinski definition) is 2. The zero-order chi connectivity index (χ0) is 43.1. The van der Waals surface area contributed by atoms with Crippen LogP contribution in [0.15, 0.2) is 0 Å². The Kier molecular flexibility index (Phi) is 17.1. The van der Waals surface area contributed by atoms with Crippen LogP contribution >= 0.6 is 0 Å². The van der Waals surface area contributed by atoms with Crippen molar-refractivity contribution >= 4 is 11.6 Å². The van der Waals surface area contributed by atoms with Gasteiger partial charge >= 0.3 is 0 Å². The van der Waals surface area contributed by atoms with Gasteiger partial charge in [-0.2, -0.15) is 0 Å². The summed E-state index contributed by atoms with van der Waals surface area (Å²) in [5, 5.41) is 0. The zero-order valence-electron chi connectivity index (χ0n) is 40.5. The van der Waals surface area contributed by atoms with Crippen molar-refractivity contribution in [2.75, 3.05) is 0 Å². The number of halogens is 2. The van der Waals surface area contributed by atoms with Gasteiger partial charge in [-0.1, -0.05) is 137 Å². The molecule has 8 aliphatic carbocycles. The summed E-state index contributed by atoms with van der Waals surface area (Å²) in [5.41, 5.74) is -2.25. The van der Waals surface area contributed by atoms with Gasteiger partial charge in [0.05, 0.1) is 21.7 Å². The minimum atomic E-state index is -0.838. The standard InChI is InChI=1S/C29H49FO.C28H47FO/c1-3-5-7-9-22-10-12-24(13-11-22)25-16-20-29(21-17-25)26(30)28(27(29)31)18-14-23(15-19-28)8-6-4-2;1-3-5-6-8-22-9-11-23(12-10-22)24-15-19-28(20-16-24)25(29)27(26(28)30)17-13-21(7-4-2)14-18-27/h22-26H,3-21H2,1-2H3;21-25H,3-20H2,1-2H3/t22?,23?,24?,25?,26-,28?,29?;21?,22?,23?,24?,25-,27?,28?/m11/s1. The third kappa shape index (κ3) is 9.85. The lowest BCUT2D eigenvalue weighted by atomic mass is 9.41. The fraction of sp³-hybridized carbons (Fsp3) is 0.965. The molecule has 0 aliphatic heterocycles. The van der Waals surface area contributed by atoms with E-state index in [9.17, 15) is 9.59 Å². The number of alkyl halides is 2. The van der Waals surface area contributed by atoms with Crippen molar-refractivity contribution in [3.63, 3.8) is 0 Å². The predicted molar refractivity (Wildman–Crippen MR) is 251 cm³/mol.